The van der Waals surface area contributed by atoms with Gasteiger partial charge in [0.25, 0.3) is 0 Å². The van der Waals surface area contributed by atoms with Gasteiger partial charge in [-0.2, -0.15) is 0 Å². The minimum atomic E-state index is -1.57. The highest BCUT2D eigenvalue weighted by atomic mass is 16.7. The largest absolute Gasteiger partial charge is 0.466 e. The lowest BCUT2D eigenvalue weighted by Gasteiger charge is -2.40. The lowest BCUT2D eigenvalue weighted by Crippen LogP contribution is -2.60. The number of allylic oxidation sites excluding steroid dienone is 3. The Morgan fingerprint density at radius 3 is 1.02 bits per heavy atom. The molecule has 0 aromatic carbocycles. The Labute approximate surface area is 581 Å². The van der Waals surface area contributed by atoms with Gasteiger partial charge in [-0.3, -0.25) is 9.59 Å². The van der Waals surface area contributed by atoms with E-state index >= 15 is 0 Å². The summed E-state index contributed by atoms with van der Waals surface area (Å²) in [4.78, 5) is 25.2. The van der Waals surface area contributed by atoms with Crippen molar-refractivity contribution in [3.05, 3.63) is 24.3 Å². The van der Waals surface area contributed by atoms with Crippen LogP contribution in [0.15, 0.2) is 24.3 Å². The zero-order valence-electron chi connectivity index (χ0n) is 62.2. The Hall–Kier alpha value is -1.86. The van der Waals surface area contributed by atoms with Crippen LogP contribution in [0.5, 0.6) is 0 Å². The number of amides is 1. The van der Waals surface area contributed by atoms with Crippen LogP contribution in [0.2, 0.25) is 0 Å². The summed E-state index contributed by atoms with van der Waals surface area (Å²) in [5.74, 6) is -0.154. The maximum absolute atomic E-state index is 13.1. The molecule has 0 aromatic rings. The van der Waals surface area contributed by atoms with E-state index in [1.807, 2.05) is 6.08 Å². The third kappa shape index (κ3) is 60.1. The molecule has 11 heteroatoms. The standard InChI is InChI=1S/C83H159NO10/c1-3-5-7-9-11-13-15-17-47-51-55-59-63-67-71-79(88)92-72-68-64-60-56-52-48-44-42-40-38-36-34-32-30-28-26-24-22-20-18-19-21-23-25-27-29-31-33-35-37-39-41-43-46-50-54-58-62-66-70-78(87)84-75(74-93-83-82(91)81(90)80(89)77(73-85)94-83)76(86)69-65-61-57-53-49-45-16-14-12-10-8-6-4-2/h18-19,65,69,75-77,80-83,85-86,89-91H,3-17,20-64,66-68,70-74H2,1-2H3,(H,84,87)/b19-18-,69-65+. The van der Waals surface area contributed by atoms with Gasteiger partial charge in [0, 0.05) is 12.8 Å². The number of nitrogens with one attached hydrogen (secondary N) is 1. The minimum Gasteiger partial charge on any atom is -0.466 e. The molecule has 0 radical (unpaired) electrons. The average molecular weight is 1330 g/mol. The fourth-order valence-electron chi connectivity index (χ4n) is 13.6. The van der Waals surface area contributed by atoms with Gasteiger partial charge in [0.2, 0.25) is 5.91 Å². The third-order valence-corrected chi connectivity index (χ3v) is 20.1. The van der Waals surface area contributed by atoms with E-state index in [0.717, 1.165) is 51.4 Å². The second-order valence-electron chi connectivity index (χ2n) is 29.2. The molecule has 94 heavy (non-hydrogen) atoms. The number of carbonyl (C=O) groups excluding carboxylic acids is 2. The molecule has 0 aliphatic carbocycles. The summed E-state index contributed by atoms with van der Waals surface area (Å²) in [6, 6.07) is -0.806. The molecule has 11 nitrogen and oxygen atoms in total. The predicted octanol–water partition coefficient (Wildman–Crippen LogP) is 22.7. The zero-order valence-corrected chi connectivity index (χ0v) is 62.2. The third-order valence-electron chi connectivity index (χ3n) is 20.1. The van der Waals surface area contributed by atoms with Crippen LogP contribution >= 0.6 is 0 Å². The highest BCUT2D eigenvalue weighted by Gasteiger charge is 2.44. The lowest BCUT2D eigenvalue weighted by atomic mass is 9.99. The summed E-state index contributed by atoms with van der Waals surface area (Å²) in [5, 5.41) is 54.6. The van der Waals surface area contributed by atoms with Gasteiger partial charge in [-0.05, 0) is 57.8 Å². The minimum absolute atomic E-state index is 0.0200. The molecule has 1 fully saturated rings. The van der Waals surface area contributed by atoms with Gasteiger partial charge in [-0.25, -0.2) is 0 Å². The molecule has 556 valence electrons. The molecule has 1 heterocycles. The van der Waals surface area contributed by atoms with Crippen LogP contribution in [0.4, 0.5) is 0 Å². The normalized spacial score (nSPS) is 17.5. The van der Waals surface area contributed by atoms with Crippen molar-refractivity contribution in [3.8, 4) is 0 Å². The summed E-state index contributed by atoms with van der Waals surface area (Å²) >= 11 is 0. The molecule has 1 aliphatic heterocycles. The number of hydrogen-bond donors (Lipinski definition) is 6. The number of ether oxygens (including phenoxy) is 3. The average Bonchev–Trinajstić information content (AvgIpc) is 0.844. The molecule has 0 bridgehead atoms. The van der Waals surface area contributed by atoms with Crippen LogP contribution in [-0.2, 0) is 23.8 Å². The van der Waals surface area contributed by atoms with Gasteiger partial charge >= 0.3 is 5.97 Å². The van der Waals surface area contributed by atoms with Crippen molar-refractivity contribution >= 4 is 11.9 Å². The van der Waals surface area contributed by atoms with Gasteiger partial charge in [0.15, 0.2) is 6.29 Å². The van der Waals surface area contributed by atoms with Crippen molar-refractivity contribution in [2.75, 3.05) is 19.8 Å². The highest BCUT2D eigenvalue weighted by Crippen LogP contribution is 2.24. The van der Waals surface area contributed by atoms with E-state index in [1.165, 1.54) is 353 Å². The Morgan fingerprint density at radius 1 is 0.383 bits per heavy atom. The Kier molecular flexibility index (Phi) is 69.4. The molecule has 0 saturated carbocycles. The first-order valence-corrected chi connectivity index (χ1v) is 41.6. The number of aliphatic hydroxyl groups excluding tert-OH is 5. The molecule has 1 aliphatic rings. The molecule has 1 saturated heterocycles. The Morgan fingerprint density at radius 2 is 0.681 bits per heavy atom. The van der Waals surface area contributed by atoms with E-state index in [0.29, 0.717) is 19.4 Å². The number of aliphatic hydroxyl groups is 5. The number of esters is 1. The number of rotatable bonds is 75. The summed E-state index contributed by atoms with van der Waals surface area (Å²) in [7, 11) is 0. The van der Waals surface area contributed by atoms with E-state index < -0.39 is 49.5 Å². The zero-order chi connectivity index (χ0) is 67.9. The van der Waals surface area contributed by atoms with E-state index in [1.54, 1.807) is 6.08 Å². The van der Waals surface area contributed by atoms with E-state index in [-0.39, 0.29) is 18.5 Å². The first-order chi connectivity index (χ1) is 46.2. The second kappa shape index (κ2) is 72.4. The van der Waals surface area contributed by atoms with E-state index in [9.17, 15) is 35.1 Å². The van der Waals surface area contributed by atoms with Crippen LogP contribution in [0, 0.1) is 0 Å². The smallest absolute Gasteiger partial charge is 0.305 e. The summed E-state index contributed by atoms with van der Waals surface area (Å²) in [5.41, 5.74) is 0. The van der Waals surface area contributed by atoms with Gasteiger partial charge in [0.1, 0.15) is 24.4 Å². The van der Waals surface area contributed by atoms with Crippen molar-refractivity contribution < 1.29 is 49.3 Å². The predicted molar refractivity (Wildman–Crippen MR) is 398 cm³/mol. The molecular weight excluding hydrogens is 1170 g/mol. The molecular formula is C83H159NO10. The summed E-state index contributed by atoms with van der Waals surface area (Å²) < 4.78 is 16.8. The van der Waals surface area contributed by atoms with Crippen molar-refractivity contribution in [2.45, 2.75) is 474 Å². The van der Waals surface area contributed by atoms with Crippen molar-refractivity contribution in [1.82, 2.24) is 5.32 Å². The molecule has 7 unspecified atom stereocenters. The first kappa shape index (κ1) is 90.2. The number of hydrogen-bond acceptors (Lipinski definition) is 10. The molecule has 7 atom stereocenters. The second-order valence-corrected chi connectivity index (χ2v) is 29.2. The SMILES string of the molecule is CCCCCCCCCCCCC/C=C/C(O)C(COC1OC(CO)C(O)C(O)C1O)NC(=O)CCCCCCCCCCCCCCCCCCC/C=C\CCCCCCCCCCCCCCCCCCCCOC(=O)CCCCCCCCCCCCCCCC. The number of carbonyl (C=O) groups is 2. The van der Waals surface area contributed by atoms with Crippen LogP contribution in [0.1, 0.15) is 431 Å². The van der Waals surface area contributed by atoms with Gasteiger partial charge in [0.05, 0.1) is 32.0 Å². The highest BCUT2D eigenvalue weighted by molar-refractivity contribution is 5.76. The molecule has 0 aromatic heterocycles. The first-order valence-electron chi connectivity index (χ1n) is 41.6. The van der Waals surface area contributed by atoms with Crippen LogP contribution in [0.3, 0.4) is 0 Å². The quantitative estimate of drug-likeness (QED) is 0.0195. The molecule has 1 rings (SSSR count). The lowest BCUT2D eigenvalue weighted by molar-refractivity contribution is -0.302. The Bertz CT molecular complexity index is 1610. The van der Waals surface area contributed by atoms with Crippen molar-refractivity contribution in [3.63, 3.8) is 0 Å². The summed E-state index contributed by atoms with van der Waals surface area (Å²) in [6.07, 6.45) is 83.7. The maximum Gasteiger partial charge on any atom is 0.305 e. The fraction of sp³-hybridized carbons (Fsp3) is 0.928. The topological polar surface area (TPSA) is 175 Å². The van der Waals surface area contributed by atoms with Crippen LogP contribution in [0.25, 0.3) is 0 Å². The summed E-state index contributed by atoms with van der Waals surface area (Å²) in [6.45, 7) is 4.41. The molecule has 6 N–H and O–H groups in total. The maximum atomic E-state index is 13.1. The van der Waals surface area contributed by atoms with Crippen LogP contribution in [-0.4, -0.2) is 100 Å². The number of unbranched alkanes of at least 4 members (excludes halogenated alkanes) is 59. The molecule has 1 amide bonds. The monoisotopic (exact) mass is 1330 g/mol. The van der Waals surface area contributed by atoms with Gasteiger partial charge < -0.3 is 45.1 Å². The molecule has 0 spiro atoms. The van der Waals surface area contributed by atoms with Gasteiger partial charge in [-0.1, -0.05) is 385 Å². The van der Waals surface area contributed by atoms with Crippen LogP contribution < -0.4 is 5.32 Å². The van der Waals surface area contributed by atoms with Gasteiger partial charge in [-0.15, -0.1) is 0 Å². The van der Waals surface area contributed by atoms with E-state index in [2.05, 4.69) is 31.3 Å². The van der Waals surface area contributed by atoms with Crippen molar-refractivity contribution in [1.29, 1.82) is 0 Å². The Balaban J connectivity index is 1.88. The van der Waals surface area contributed by atoms with E-state index in [4.69, 9.17) is 14.2 Å². The fourth-order valence-corrected chi connectivity index (χ4v) is 13.6. The van der Waals surface area contributed by atoms with Crippen molar-refractivity contribution in [2.24, 2.45) is 0 Å².